The van der Waals surface area contributed by atoms with E-state index in [2.05, 4.69) is 57.2 Å². The number of ether oxygens (including phenoxy) is 3. The quantitative estimate of drug-likeness (QED) is 0.0262. The smallest absolute Gasteiger partial charge is 0.306 e. The predicted molar refractivity (Wildman–Crippen MR) is 275 cm³/mol. The second kappa shape index (κ2) is 53.2. The van der Waals surface area contributed by atoms with E-state index in [1.54, 1.807) is 0 Å². The first-order chi connectivity index (χ1) is 31.5. The van der Waals surface area contributed by atoms with Crippen molar-refractivity contribution in [1.29, 1.82) is 0 Å². The molecule has 0 heterocycles. The third-order valence-electron chi connectivity index (χ3n) is 12.4. The lowest BCUT2D eigenvalue weighted by molar-refractivity contribution is -0.167. The van der Waals surface area contributed by atoms with Gasteiger partial charge in [0, 0.05) is 19.3 Å². The fraction of sp³-hybridized carbons (Fsp3) is 0.845. The zero-order valence-corrected chi connectivity index (χ0v) is 42.8. The molecule has 0 aliphatic heterocycles. The Kier molecular flexibility index (Phi) is 51.3. The van der Waals surface area contributed by atoms with Gasteiger partial charge < -0.3 is 14.2 Å². The standard InChI is InChI=1S/C58H106O6/c1-4-7-10-13-16-19-22-25-27-28-29-30-32-34-37-39-42-45-48-51-57(60)63-54-55(64-58(61)52-49-46-43-40-35-24-21-18-15-12-9-6-3)53-62-56(59)50-47-44-41-38-36-33-31-26-23-20-17-14-11-8-5-2/h16,19,25-27,31,55H,4-15,17-18,20-24,28-30,32-54H2,1-3H3/b19-16-,27-25-,31-26-/t55-/m0/s1. The Morgan fingerprint density at radius 3 is 0.906 bits per heavy atom. The van der Waals surface area contributed by atoms with Gasteiger partial charge in [-0.15, -0.1) is 0 Å². The van der Waals surface area contributed by atoms with Gasteiger partial charge in [-0.2, -0.15) is 0 Å². The first kappa shape index (κ1) is 61.6. The first-order valence-electron chi connectivity index (χ1n) is 28.0. The molecule has 0 spiro atoms. The van der Waals surface area contributed by atoms with Gasteiger partial charge in [-0.3, -0.25) is 14.4 Å². The number of rotatable bonds is 51. The topological polar surface area (TPSA) is 78.9 Å². The molecule has 0 aromatic heterocycles. The van der Waals surface area contributed by atoms with Gasteiger partial charge in [0.1, 0.15) is 13.2 Å². The monoisotopic (exact) mass is 899 g/mol. The van der Waals surface area contributed by atoms with Gasteiger partial charge in [0.25, 0.3) is 0 Å². The Balaban J connectivity index is 4.32. The lowest BCUT2D eigenvalue weighted by Crippen LogP contribution is -2.30. The average Bonchev–Trinajstić information content (AvgIpc) is 3.29. The molecule has 0 amide bonds. The van der Waals surface area contributed by atoms with E-state index >= 15 is 0 Å². The van der Waals surface area contributed by atoms with Gasteiger partial charge in [0.15, 0.2) is 6.10 Å². The van der Waals surface area contributed by atoms with Crippen molar-refractivity contribution in [3.63, 3.8) is 0 Å². The van der Waals surface area contributed by atoms with Gasteiger partial charge in [-0.1, -0.05) is 237 Å². The van der Waals surface area contributed by atoms with E-state index in [4.69, 9.17) is 14.2 Å². The molecule has 0 rings (SSSR count). The Bertz CT molecular complexity index is 1080. The fourth-order valence-electron chi connectivity index (χ4n) is 8.12. The maximum atomic E-state index is 12.8. The van der Waals surface area contributed by atoms with Gasteiger partial charge in [0.05, 0.1) is 0 Å². The van der Waals surface area contributed by atoms with Crippen molar-refractivity contribution in [3.05, 3.63) is 36.5 Å². The molecule has 6 nitrogen and oxygen atoms in total. The minimum absolute atomic E-state index is 0.0737. The minimum atomic E-state index is -0.773. The minimum Gasteiger partial charge on any atom is -0.462 e. The van der Waals surface area contributed by atoms with Crippen molar-refractivity contribution in [3.8, 4) is 0 Å². The summed E-state index contributed by atoms with van der Waals surface area (Å²) in [6.07, 6.45) is 62.7. The van der Waals surface area contributed by atoms with Crippen LogP contribution >= 0.6 is 0 Å². The van der Waals surface area contributed by atoms with Gasteiger partial charge in [-0.05, 0) is 77.0 Å². The summed E-state index contributed by atoms with van der Waals surface area (Å²) in [6, 6.07) is 0. The molecule has 0 aromatic rings. The number of unbranched alkanes of at least 4 members (excludes halogenated alkanes) is 34. The highest BCUT2D eigenvalue weighted by atomic mass is 16.6. The summed E-state index contributed by atoms with van der Waals surface area (Å²) in [5, 5.41) is 0. The maximum absolute atomic E-state index is 12.8. The van der Waals surface area contributed by atoms with Crippen LogP contribution in [0.1, 0.15) is 297 Å². The summed E-state index contributed by atoms with van der Waals surface area (Å²) < 4.78 is 16.8. The Labute approximate surface area is 397 Å². The van der Waals surface area contributed by atoms with Crippen molar-refractivity contribution < 1.29 is 28.6 Å². The van der Waals surface area contributed by atoms with E-state index in [1.807, 2.05) is 0 Å². The summed E-state index contributed by atoms with van der Waals surface area (Å²) >= 11 is 0. The zero-order valence-electron chi connectivity index (χ0n) is 42.8. The SMILES string of the molecule is CCCCC/C=C\C/C=C\CCCCCCCCCCCC(=O)OC[C@H](COC(=O)CCCCCCC/C=C\CCCCCCCC)OC(=O)CCCCCCCCCCCCCC. The molecule has 0 unspecified atom stereocenters. The molecule has 0 aliphatic rings. The van der Waals surface area contributed by atoms with Gasteiger partial charge >= 0.3 is 17.9 Å². The largest absolute Gasteiger partial charge is 0.462 e. The Hall–Kier alpha value is -2.37. The predicted octanol–water partition coefficient (Wildman–Crippen LogP) is 18.5. The average molecular weight is 899 g/mol. The second-order valence-corrected chi connectivity index (χ2v) is 18.8. The maximum Gasteiger partial charge on any atom is 0.306 e. The number of esters is 3. The summed E-state index contributed by atoms with van der Waals surface area (Å²) in [5.74, 6) is -0.872. The van der Waals surface area contributed by atoms with E-state index in [0.29, 0.717) is 19.3 Å². The summed E-state index contributed by atoms with van der Waals surface area (Å²) in [5.41, 5.74) is 0. The highest BCUT2D eigenvalue weighted by Gasteiger charge is 2.19. The summed E-state index contributed by atoms with van der Waals surface area (Å²) in [6.45, 7) is 6.63. The summed E-state index contributed by atoms with van der Waals surface area (Å²) in [4.78, 5) is 38.1. The molecule has 1 atom stereocenters. The third-order valence-corrected chi connectivity index (χ3v) is 12.4. The van der Waals surface area contributed by atoms with E-state index < -0.39 is 6.10 Å². The van der Waals surface area contributed by atoms with Crippen molar-refractivity contribution in [2.45, 2.75) is 303 Å². The molecule has 0 fully saturated rings. The molecule has 0 saturated carbocycles. The zero-order chi connectivity index (χ0) is 46.5. The second-order valence-electron chi connectivity index (χ2n) is 18.8. The van der Waals surface area contributed by atoms with Crippen molar-refractivity contribution >= 4 is 17.9 Å². The van der Waals surface area contributed by atoms with Crippen LogP contribution in [0.4, 0.5) is 0 Å². The van der Waals surface area contributed by atoms with Crippen LogP contribution in [0.25, 0.3) is 0 Å². The molecule has 0 aromatic carbocycles. The fourth-order valence-corrected chi connectivity index (χ4v) is 8.12. The number of hydrogen-bond donors (Lipinski definition) is 0. The first-order valence-corrected chi connectivity index (χ1v) is 28.0. The van der Waals surface area contributed by atoms with E-state index in [1.165, 1.54) is 186 Å². The number of allylic oxidation sites excluding steroid dienone is 6. The molecule has 0 radical (unpaired) electrons. The normalized spacial score (nSPS) is 12.2. The van der Waals surface area contributed by atoms with Crippen LogP contribution in [0.2, 0.25) is 0 Å². The van der Waals surface area contributed by atoms with Crippen molar-refractivity contribution in [2.24, 2.45) is 0 Å². The van der Waals surface area contributed by atoms with Crippen LogP contribution < -0.4 is 0 Å². The number of hydrogen-bond acceptors (Lipinski definition) is 6. The third kappa shape index (κ3) is 50.6. The van der Waals surface area contributed by atoms with Crippen LogP contribution in [0.5, 0.6) is 0 Å². The van der Waals surface area contributed by atoms with E-state index in [9.17, 15) is 14.4 Å². The molecule has 0 aliphatic carbocycles. The molecular weight excluding hydrogens is 793 g/mol. The molecule has 64 heavy (non-hydrogen) atoms. The Morgan fingerprint density at radius 2 is 0.562 bits per heavy atom. The van der Waals surface area contributed by atoms with Gasteiger partial charge in [-0.25, -0.2) is 0 Å². The van der Waals surface area contributed by atoms with Crippen LogP contribution in [0.3, 0.4) is 0 Å². The molecule has 0 N–H and O–H groups in total. The lowest BCUT2D eigenvalue weighted by atomic mass is 10.0. The van der Waals surface area contributed by atoms with Crippen LogP contribution in [-0.2, 0) is 28.6 Å². The highest BCUT2D eigenvalue weighted by Crippen LogP contribution is 2.16. The lowest BCUT2D eigenvalue weighted by Gasteiger charge is -2.18. The summed E-state index contributed by atoms with van der Waals surface area (Å²) in [7, 11) is 0. The van der Waals surface area contributed by atoms with Crippen LogP contribution in [0, 0.1) is 0 Å². The number of carbonyl (C=O) groups excluding carboxylic acids is 3. The molecule has 374 valence electrons. The van der Waals surface area contributed by atoms with Crippen molar-refractivity contribution in [2.75, 3.05) is 13.2 Å². The van der Waals surface area contributed by atoms with Crippen molar-refractivity contribution in [1.82, 2.24) is 0 Å². The Morgan fingerprint density at radius 1 is 0.312 bits per heavy atom. The number of carbonyl (C=O) groups is 3. The van der Waals surface area contributed by atoms with Crippen LogP contribution in [0.15, 0.2) is 36.5 Å². The van der Waals surface area contributed by atoms with E-state index in [-0.39, 0.29) is 31.1 Å². The molecule has 0 bridgehead atoms. The molecular formula is C58H106O6. The van der Waals surface area contributed by atoms with E-state index in [0.717, 1.165) is 70.6 Å². The van der Waals surface area contributed by atoms with Gasteiger partial charge in [0.2, 0.25) is 0 Å². The highest BCUT2D eigenvalue weighted by molar-refractivity contribution is 5.71. The van der Waals surface area contributed by atoms with Crippen LogP contribution in [-0.4, -0.2) is 37.2 Å². The molecule has 0 saturated heterocycles. The molecule has 6 heteroatoms.